The van der Waals surface area contributed by atoms with Gasteiger partial charge in [0.15, 0.2) is 7.15 Å². The predicted molar refractivity (Wildman–Crippen MR) is 107 cm³/mol. The second kappa shape index (κ2) is 8.63. The molecule has 0 aliphatic heterocycles. The largest absolute Gasteiger partial charge is 0.437 e. The number of hydrogen-bond acceptors (Lipinski definition) is 5. The van der Waals surface area contributed by atoms with Crippen LogP contribution >= 0.6 is 30.0 Å². The van der Waals surface area contributed by atoms with E-state index in [1.165, 1.54) is 0 Å². The van der Waals surface area contributed by atoms with E-state index in [0.717, 1.165) is 12.1 Å². The van der Waals surface area contributed by atoms with Crippen molar-refractivity contribution in [2.75, 3.05) is 0 Å². The van der Waals surface area contributed by atoms with E-state index in [9.17, 15) is 27.9 Å². The first-order valence-electron chi connectivity index (χ1n) is 8.06. The summed E-state index contributed by atoms with van der Waals surface area (Å²) in [5.41, 5.74) is -0.840. The maximum atomic E-state index is 12.8. The summed E-state index contributed by atoms with van der Waals surface area (Å²) in [7, 11) is -3.04. The van der Waals surface area contributed by atoms with Crippen LogP contribution < -0.4 is 10.0 Å². The Kier molecular flexibility index (Phi) is 6.36. The molecule has 0 amide bonds. The highest BCUT2D eigenvalue weighted by atomic mass is 35.7. The molecule has 0 radical (unpaired) electrons. The lowest BCUT2D eigenvalue weighted by Gasteiger charge is -2.14. The molecule has 3 aromatic rings. The van der Waals surface area contributed by atoms with Crippen LogP contribution in [0.4, 0.5) is 18.9 Å². The Bertz CT molecular complexity index is 1140. The molecule has 0 spiro atoms. The Morgan fingerprint density at radius 2 is 1.80 bits per heavy atom. The highest BCUT2D eigenvalue weighted by Crippen LogP contribution is 2.41. The first kappa shape index (κ1) is 22.1. The summed E-state index contributed by atoms with van der Waals surface area (Å²) in [5, 5.41) is 10.7. The molecule has 1 unspecified atom stereocenters. The number of alkyl halides is 3. The highest BCUT2D eigenvalue weighted by molar-refractivity contribution is 7.80. The lowest BCUT2D eigenvalue weighted by atomic mass is 10.0. The van der Waals surface area contributed by atoms with Crippen LogP contribution in [-0.2, 0) is 10.7 Å². The Hall–Kier alpha value is -2.61. The minimum atomic E-state index is -4.65. The Labute approximate surface area is 177 Å². The summed E-state index contributed by atoms with van der Waals surface area (Å²) < 4.78 is 55.9. The molecule has 0 fully saturated rings. The Morgan fingerprint density at radius 1 is 1.13 bits per heavy atom. The van der Waals surface area contributed by atoms with Crippen LogP contribution in [-0.4, -0.2) is 9.91 Å². The summed E-state index contributed by atoms with van der Waals surface area (Å²) in [6, 6.07) is 11.2. The van der Waals surface area contributed by atoms with Gasteiger partial charge in [-0.15, -0.1) is 0 Å². The van der Waals surface area contributed by atoms with Gasteiger partial charge in [-0.1, -0.05) is 53.2 Å². The van der Waals surface area contributed by atoms with Gasteiger partial charge in [0.2, 0.25) is 5.88 Å². The molecular formula is C18H10Cl2F3N2O4P. The molecule has 1 atom stereocenters. The van der Waals surface area contributed by atoms with E-state index >= 15 is 0 Å². The molecule has 0 bridgehead atoms. The van der Waals surface area contributed by atoms with Crippen LogP contribution in [0, 0.1) is 10.1 Å². The van der Waals surface area contributed by atoms with Gasteiger partial charge in [0, 0.05) is 23.9 Å². The van der Waals surface area contributed by atoms with Crippen molar-refractivity contribution in [3.8, 4) is 22.8 Å². The zero-order chi connectivity index (χ0) is 22.1. The zero-order valence-electron chi connectivity index (χ0n) is 14.6. The molecule has 0 aliphatic rings. The topological polar surface area (TPSA) is 82.3 Å². The van der Waals surface area contributed by atoms with E-state index in [2.05, 4.69) is 4.98 Å². The summed E-state index contributed by atoms with van der Waals surface area (Å²) in [4.78, 5) is 14.3. The fraction of sp³-hybridized carbons (Fsp3) is 0.0556. The number of aromatic nitrogens is 1. The van der Waals surface area contributed by atoms with Gasteiger partial charge in [-0.2, -0.15) is 13.2 Å². The number of pyridine rings is 1. The third kappa shape index (κ3) is 4.75. The van der Waals surface area contributed by atoms with Gasteiger partial charge in [0.05, 0.1) is 10.5 Å². The standard InChI is InChI=1S/C18H10Cl2F3N2O4P/c19-13-6-11(18(21,22)23)9-24-17(13)29-15-8-16(30(20)28)14(25(26)27)7-12(15)10-4-2-1-3-5-10/h1-9,30H. The van der Waals surface area contributed by atoms with E-state index in [1.807, 2.05) is 0 Å². The maximum absolute atomic E-state index is 12.8. The Balaban J connectivity index is 2.17. The molecule has 30 heavy (non-hydrogen) atoms. The summed E-state index contributed by atoms with van der Waals surface area (Å²) in [6.45, 7) is 0. The van der Waals surface area contributed by atoms with Crippen LogP contribution in [0.25, 0.3) is 11.1 Å². The van der Waals surface area contributed by atoms with Gasteiger partial charge in [-0.05, 0) is 11.6 Å². The van der Waals surface area contributed by atoms with Crippen LogP contribution in [0.3, 0.4) is 0 Å². The molecule has 0 N–H and O–H groups in total. The number of nitrogens with zero attached hydrogens (tertiary/aromatic N) is 2. The van der Waals surface area contributed by atoms with Crippen molar-refractivity contribution in [3.05, 3.63) is 75.4 Å². The number of nitro benzene ring substituents is 1. The van der Waals surface area contributed by atoms with Gasteiger partial charge < -0.3 is 9.30 Å². The van der Waals surface area contributed by atoms with Crippen molar-refractivity contribution < 1.29 is 27.4 Å². The van der Waals surface area contributed by atoms with E-state index in [-0.39, 0.29) is 22.5 Å². The molecule has 1 aromatic heterocycles. The first-order chi connectivity index (χ1) is 14.1. The van der Waals surface area contributed by atoms with Crippen LogP contribution in [0.2, 0.25) is 5.02 Å². The monoisotopic (exact) mass is 476 g/mol. The van der Waals surface area contributed by atoms with E-state index in [0.29, 0.717) is 17.8 Å². The average molecular weight is 477 g/mol. The minimum absolute atomic E-state index is 0.0602. The summed E-state index contributed by atoms with van der Waals surface area (Å²) in [6.07, 6.45) is -4.11. The summed E-state index contributed by atoms with van der Waals surface area (Å²) in [5.74, 6) is -0.425. The number of benzene rings is 2. The fourth-order valence-corrected chi connectivity index (χ4v) is 3.83. The molecule has 0 saturated carbocycles. The predicted octanol–water partition coefficient (Wildman–Crippen LogP) is 6.46. The maximum Gasteiger partial charge on any atom is 0.417 e. The molecule has 1 heterocycles. The second-order valence-corrected chi connectivity index (χ2v) is 8.40. The molecule has 0 aliphatic carbocycles. The molecular weight excluding hydrogens is 467 g/mol. The molecule has 6 nitrogen and oxygen atoms in total. The highest BCUT2D eigenvalue weighted by Gasteiger charge is 2.32. The van der Waals surface area contributed by atoms with Crippen molar-refractivity contribution in [1.29, 1.82) is 0 Å². The van der Waals surface area contributed by atoms with Gasteiger partial charge >= 0.3 is 6.18 Å². The number of hydrogen-bond donors (Lipinski definition) is 0. The summed E-state index contributed by atoms with van der Waals surface area (Å²) >= 11 is 11.5. The molecule has 2 aromatic carbocycles. The van der Waals surface area contributed by atoms with Crippen molar-refractivity contribution in [2.24, 2.45) is 0 Å². The molecule has 156 valence electrons. The van der Waals surface area contributed by atoms with Crippen molar-refractivity contribution in [1.82, 2.24) is 4.98 Å². The third-order valence-electron chi connectivity index (χ3n) is 3.93. The quantitative estimate of drug-likeness (QED) is 0.239. The van der Waals surface area contributed by atoms with E-state index in [1.54, 1.807) is 30.3 Å². The smallest absolute Gasteiger partial charge is 0.417 e. The van der Waals surface area contributed by atoms with E-state index in [4.69, 9.17) is 27.6 Å². The normalized spacial score (nSPS) is 12.4. The zero-order valence-corrected chi connectivity index (χ0v) is 17.1. The van der Waals surface area contributed by atoms with Gasteiger partial charge in [-0.3, -0.25) is 10.1 Å². The van der Waals surface area contributed by atoms with Crippen molar-refractivity contribution in [3.63, 3.8) is 0 Å². The number of rotatable bonds is 5. The molecule has 12 heteroatoms. The SMILES string of the molecule is O=[N+]([O-])c1cc(-c2ccccc2)c(Oc2ncc(C(F)(F)F)cc2Cl)cc1[PH](=O)Cl. The van der Waals surface area contributed by atoms with Gasteiger partial charge in [0.1, 0.15) is 16.1 Å². The lowest BCUT2D eigenvalue weighted by Crippen LogP contribution is -2.07. The minimum Gasteiger partial charge on any atom is -0.437 e. The van der Waals surface area contributed by atoms with Crippen LogP contribution in [0.1, 0.15) is 5.56 Å². The third-order valence-corrected chi connectivity index (χ3v) is 5.64. The fourth-order valence-electron chi connectivity index (χ4n) is 2.56. The average Bonchev–Trinajstić information content (AvgIpc) is 2.68. The van der Waals surface area contributed by atoms with Crippen molar-refractivity contribution in [2.45, 2.75) is 6.18 Å². The van der Waals surface area contributed by atoms with Crippen LogP contribution in [0.5, 0.6) is 11.6 Å². The van der Waals surface area contributed by atoms with Crippen molar-refractivity contribution >= 4 is 41.0 Å². The first-order valence-corrected chi connectivity index (χ1v) is 10.9. The second-order valence-electron chi connectivity index (χ2n) is 5.87. The number of nitro groups is 1. The molecule has 3 rings (SSSR count). The number of ether oxygens (including phenoxy) is 1. The Morgan fingerprint density at radius 3 is 2.33 bits per heavy atom. The lowest BCUT2D eigenvalue weighted by molar-refractivity contribution is -0.383. The van der Waals surface area contributed by atoms with E-state index < -0.39 is 34.5 Å². The van der Waals surface area contributed by atoms with Gasteiger partial charge in [-0.25, -0.2) is 4.98 Å². The number of halogens is 5. The van der Waals surface area contributed by atoms with Gasteiger partial charge in [0.25, 0.3) is 5.69 Å². The van der Waals surface area contributed by atoms with Crippen LogP contribution in [0.15, 0.2) is 54.7 Å². The molecule has 0 saturated heterocycles.